The van der Waals surface area contributed by atoms with E-state index in [1.54, 1.807) is 12.4 Å². The largest absolute Gasteiger partial charge is 0.456 e. The Bertz CT molecular complexity index is 511. The molecule has 0 aliphatic heterocycles. The second kappa shape index (κ2) is 4.66. The van der Waals surface area contributed by atoms with Gasteiger partial charge in [0.05, 0.1) is 4.47 Å². The highest BCUT2D eigenvalue weighted by Gasteiger charge is 2.02. The molecule has 0 bridgehead atoms. The van der Waals surface area contributed by atoms with E-state index in [1.807, 2.05) is 18.2 Å². The van der Waals surface area contributed by atoms with Crippen LogP contribution >= 0.6 is 15.9 Å². The number of aryl methyl sites for hydroxylation is 2. The smallest absolute Gasteiger partial charge is 0.144 e. The second-order valence-electron chi connectivity index (χ2n) is 3.65. The van der Waals surface area contributed by atoms with Gasteiger partial charge in [0, 0.05) is 18.5 Å². The zero-order valence-corrected chi connectivity index (χ0v) is 10.8. The number of halogens is 1. The van der Waals surface area contributed by atoms with E-state index in [0.717, 1.165) is 16.0 Å². The molecule has 2 aromatic rings. The fourth-order valence-electron chi connectivity index (χ4n) is 1.35. The van der Waals surface area contributed by atoms with Crippen LogP contribution in [0.4, 0.5) is 0 Å². The predicted molar refractivity (Wildman–Crippen MR) is 67.9 cm³/mol. The predicted octanol–water partition coefficient (Wildman–Crippen LogP) is 4.25. The SMILES string of the molecule is Cc1ccc(Oc2ccncc2Br)cc1C. The van der Waals surface area contributed by atoms with Gasteiger partial charge in [0.1, 0.15) is 11.5 Å². The first kappa shape index (κ1) is 11.1. The lowest BCUT2D eigenvalue weighted by Crippen LogP contribution is -1.88. The molecule has 1 aromatic heterocycles. The van der Waals surface area contributed by atoms with Crippen LogP contribution in [-0.2, 0) is 0 Å². The van der Waals surface area contributed by atoms with Crippen LogP contribution in [0.2, 0.25) is 0 Å². The van der Waals surface area contributed by atoms with Crippen molar-refractivity contribution < 1.29 is 4.74 Å². The van der Waals surface area contributed by atoms with E-state index in [1.165, 1.54) is 11.1 Å². The minimum absolute atomic E-state index is 0.776. The molecule has 0 aliphatic carbocycles. The summed E-state index contributed by atoms with van der Waals surface area (Å²) < 4.78 is 6.61. The molecular formula is C13H12BrNO. The van der Waals surface area contributed by atoms with Crippen molar-refractivity contribution in [2.45, 2.75) is 13.8 Å². The van der Waals surface area contributed by atoms with E-state index in [0.29, 0.717) is 0 Å². The molecule has 0 fully saturated rings. The lowest BCUT2D eigenvalue weighted by atomic mass is 10.1. The molecule has 0 amide bonds. The normalized spacial score (nSPS) is 10.2. The molecule has 0 atom stereocenters. The Morgan fingerprint density at radius 3 is 2.62 bits per heavy atom. The Balaban J connectivity index is 2.28. The Morgan fingerprint density at radius 1 is 1.12 bits per heavy atom. The summed E-state index contributed by atoms with van der Waals surface area (Å²) in [6.45, 7) is 4.16. The molecule has 16 heavy (non-hydrogen) atoms. The van der Waals surface area contributed by atoms with Crippen LogP contribution in [0.25, 0.3) is 0 Å². The summed E-state index contributed by atoms with van der Waals surface area (Å²) in [5, 5.41) is 0. The van der Waals surface area contributed by atoms with Crippen molar-refractivity contribution in [3.8, 4) is 11.5 Å². The number of ether oxygens (including phenoxy) is 1. The molecule has 3 heteroatoms. The fourth-order valence-corrected chi connectivity index (χ4v) is 1.68. The van der Waals surface area contributed by atoms with Crippen molar-refractivity contribution in [3.05, 3.63) is 52.3 Å². The fraction of sp³-hybridized carbons (Fsp3) is 0.154. The van der Waals surface area contributed by atoms with E-state index >= 15 is 0 Å². The molecule has 1 aromatic carbocycles. The quantitative estimate of drug-likeness (QED) is 0.819. The molecule has 0 spiro atoms. The van der Waals surface area contributed by atoms with Gasteiger partial charge >= 0.3 is 0 Å². The molecule has 0 saturated heterocycles. The topological polar surface area (TPSA) is 22.1 Å². The van der Waals surface area contributed by atoms with Crippen LogP contribution < -0.4 is 4.74 Å². The van der Waals surface area contributed by atoms with Crippen LogP contribution in [0.15, 0.2) is 41.1 Å². The van der Waals surface area contributed by atoms with Gasteiger partial charge in [-0.2, -0.15) is 0 Å². The summed E-state index contributed by atoms with van der Waals surface area (Å²) in [4.78, 5) is 3.99. The molecule has 0 saturated carbocycles. The highest BCUT2D eigenvalue weighted by molar-refractivity contribution is 9.10. The zero-order chi connectivity index (χ0) is 11.5. The van der Waals surface area contributed by atoms with E-state index in [2.05, 4.69) is 40.8 Å². The van der Waals surface area contributed by atoms with Gasteiger partial charge in [0.2, 0.25) is 0 Å². The molecule has 0 N–H and O–H groups in total. The van der Waals surface area contributed by atoms with Gasteiger partial charge in [0.25, 0.3) is 0 Å². The van der Waals surface area contributed by atoms with E-state index in [-0.39, 0.29) is 0 Å². The van der Waals surface area contributed by atoms with Gasteiger partial charge in [-0.1, -0.05) is 6.07 Å². The van der Waals surface area contributed by atoms with Crippen LogP contribution in [0, 0.1) is 13.8 Å². The minimum atomic E-state index is 0.776. The van der Waals surface area contributed by atoms with Gasteiger partial charge in [-0.15, -0.1) is 0 Å². The molecule has 0 radical (unpaired) electrons. The van der Waals surface area contributed by atoms with Crippen molar-refractivity contribution in [2.75, 3.05) is 0 Å². The number of nitrogens with zero attached hydrogens (tertiary/aromatic N) is 1. The monoisotopic (exact) mass is 277 g/mol. The van der Waals surface area contributed by atoms with Gasteiger partial charge in [-0.05, 0) is 53.0 Å². The Labute approximate surface area is 103 Å². The number of pyridine rings is 1. The number of benzene rings is 1. The average molecular weight is 278 g/mol. The maximum Gasteiger partial charge on any atom is 0.144 e. The third-order valence-electron chi connectivity index (χ3n) is 2.44. The number of rotatable bonds is 2. The van der Waals surface area contributed by atoms with Crippen LogP contribution in [0.1, 0.15) is 11.1 Å². The highest BCUT2D eigenvalue weighted by atomic mass is 79.9. The lowest BCUT2D eigenvalue weighted by molar-refractivity contribution is 0.478. The van der Waals surface area contributed by atoms with Gasteiger partial charge in [-0.25, -0.2) is 0 Å². The average Bonchev–Trinajstić information content (AvgIpc) is 2.27. The van der Waals surface area contributed by atoms with Gasteiger partial charge in [0.15, 0.2) is 0 Å². The van der Waals surface area contributed by atoms with Crippen molar-refractivity contribution >= 4 is 15.9 Å². The Hall–Kier alpha value is -1.35. The lowest BCUT2D eigenvalue weighted by Gasteiger charge is -2.08. The number of hydrogen-bond acceptors (Lipinski definition) is 2. The maximum absolute atomic E-state index is 5.76. The molecule has 2 rings (SSSR count). The summed E-state index contributed by atoms with van der Waals surface area (Å²) in [6, 6.07) is 7.89. The van der Waals surface area contributed by atoms with Crippen LogP contribution in [0.3, 0.4) is 0 Å². The van der Waals surface area contributed by atoms with Gasteiger partial charge in [-0.3, -0.25) is 4.98 Å². The molecule has 2 nitrogen and oxygen atoms in total. The van der Waals surface area contributed by atoms with E-state index < -0.39 is 0 Å². The Kier molecular flexibility index (Phi) is 3.25. The first-order valence-corrected chi connectivity index (χ1v) is 5.81. The summed E-state index contributed by atoms with van der Waals surface area (Å²) in [5.41, 5.74) is 2.49. The summed E-state index contributed by atoms with van der Waals surface area (Å²) >= 11 is 3.40. The van der Waals surface area contributed by atoms with E-state index in [4.69, 9.17) is 4.74 Å². The van der Waals surface area contributed by atoms with E-state index in [9.17, 15) is 0 Å². The number of aromatic nitrogens is 1. The highest BCUT2D eigenvalue weighted by Crippen LogP contribution is 2.29. The van der Waals surface area contributed by atoms with Crippen molar-refractivity contribution in [2.24, 2.45) is 0 Å². The Morgan fingerprint density at radius 2 is 1.94 bits per heavy atom. The second-order valence-corrected chi connectivity index (χ2v) is 4.51. The van der Waals surface area contributed by atoms with Crippen molar-refractivity contribution in [3.63, 3.8) is 0 Å². The molecule has 82 valence electrons. The third-order valence-corrected chi connectivity index (χ3v) is 3.04. The summed E-state index contributed by atoms with van der Waals surface area (Å²) in [6.07, 6.45) is 3.43. The van der Waals surface area contributed by atoms with Gasteiger partial charge < -0.3 is 4.74 Å². The van der Waals surface area contributed by atoms with Crippen molar-refractivity contribution in [1.82, 2.24) is 4.98 Å². The maximum atomic E-state index is 5.76. The van der Waals surface area contributed by atoms with Crippen LogP contribution in [-0.4, -0.2) is 4.98 Å². The molecular weight excluding hydrogens is 266 g/mol. The first-order chi connectivity index (χ1) is 7.66. The molecule has 0 aliphatic rings. The molecule has 0 unspecified atom stereocenters. The first-order valence-electron chi connectivity index (χ1n) is 5.01. The van der Waals surface area contributed by atoms with Crippen molar-refractivity contribution in [1.29, 1.82) is 0 Å². The van der Waals surface area contributed by atoms with Crippen LogP contribution in [0.5, 0.6) is 11.5 Å². The summed E-state index contributed by atoms with van der Waals surface area (Å²) in [7, 11) is 0. The number of hydrogen-bond donors (Lipinski definition) is 0. The third kappa shape index (κ3) is 2.42. The minimum Gasteiger partial charge on any atom is -0.456 e. The zero-order valence-electron chi connectivity index (χ0n) is 9.20. The molecule has 1 heterocycles. The summed E-state index contributed by atoms with van der Waals surface area (Å²) in [5.74, 6) is 1.62. The standard InChI is InChI=1S/C13H12BrNO/c1-9-3-4-11(7-10(9)2)16-13-5-6-15-8-12(13)14/h3-8H,1-2H3.